The average Bonchev–Trinajstić information content (AvgIpc) is 2.18. The fraction of sp³-hybridized carbons (Fsp3) is 0.200. The lowest BCUT2D eigenvalue weighted by Crippen LogP contribution is -2.12. The molecule has 0 aliphatic carbocycles. The quantitative estimate of drug-likeness (QED) is 0.746. The molecular weight excluding hydrogens is 196 g/mol. The summed E-state index contributed by atoms with van der Waals surface area (Å²) in [5.74, 6) is -0.434. The molecule has 1 aromatic carbocycles. The summed E-state index contributed by atoms with van der Waals surface area (Å²) in [7, 11) is 0. The van der Waals surface area contributed by atoms with Crippen LogP contribution in [-0.2, 0) is 0 Å². The van der Waals surface area contributed by atoms with E-state index in [9.17, 15) is 4.79 Å². The molecule has 0 radical (unpaired) electrons. The molecule has 4 heteroatoms. The Hall–Kier alpha value is -1.42. The highest BCUT2D eigenvalue weighted by Crippen LogP contribution is 2.10. The largest absolute Gasteiger partial charge is 0.366 e. The summed E-state index contributed by atoms with van der Waals surface area (Å²) in [4.78, 5) is 11.6. The second-order valence-corrected chi connectivity index (χ2v) is 3.34. The zero-order valence-electron chi connectivity index (χ0n) is 7.91. The first kappa shape index (κ1) is 10.7. The lowest BCUT2D eigenvalue weighted by atomic mass is 10.2. The third-order valence-electron chi connectivity index (χ3n) is 1.75. The van der Waals surface area contributed by atoms with Crippen molar-refractivity contribution >= 4 is 28.8 Å². The van der Waals surface area contributed by atoms with Gasteiger partial charge >= 0.3 is 0 Å². The van der Waals surface area contributed by atoms with E-state index >= 15 is 0 Å². The molecule has 0 aromatic heterocycles. The number of benzene rings is 1. The highest BCUT2D eigenvalue weighted by molar-refractivity contribution is 7.80. The van der Waals surface area contributed by atoms with Crippen LogP contribution in [0.3, 0.4) is 0 Å². The van der Waals surface area contributed by atoms with Crippen LogP contribution in [0.25, 0.3) is 0 Å². The number of hydrogen-bond acceptors (Lipinski definition) is 2. The Bertz CT molecular complexity index is 363. The maximum absolute atomic E-state index is 10.9. The number of carbonyl (C=O) groups is 1. The van der Waals surface area contributed by atoms with Gasteiger partial charge in [0.25, 0.3) is 0 Å². The van der Waals surface area contributed by atoms with Crippen LogP contribution in [0.4, 0.5) is 5.69 Å². The van der Waals surface area contributed by atoms with Crippen molar-refractivity contribution in [2.75, 3.05) is 5.32 Å². The Balaban J connectivity index is 2.83. The second-order valence-electron chi connectivity index (χ2n) is 2.85. The molecule has 1 amide bonds. The third-order valence-corrected chi connectivity index (χ3v) is 2.14. The zero-order chi connectivity index (χ0) is 10.6. The van der Waals surface area contributed by atoms with Crippen LogP contribution in [0, 0.1) is 0 Å². The minimum absolute atomic E-state index is 0.434. The van der Waals surface area contributed by atoms with E-state index < -0.39 is 5.91 Å². The van der Waals surface area contributed by atoms with Crippen LogP contribution in [0.1, 0.15) is 23.7 Å². The molecule has 3 nitrogen and oxygen atoms in total. The molecule has 14 heavy (non-hydrogen) atoms. The molecule has 3 N–H and O–H groups in total. The maximum atomic E-state index is 10.9. The van der Waals surface area contributed by atoms with E-state index in [0.717, 1.165) is 17.1 Å². The van der Waals surface area contributed by atoms with Gasteiger partial charge in [-0.25, -0.2) is 0 Å². The lowest BCUT2D eigenvalue weighted by molar-refractivity contribution is 0.100. The number of amides is 1. The van der Waals surface area contributed by atoms with Crippen LogP contribution in [0.2, 0.25) is 0 Å². The van der Waals surface area contributed by atoms with Crippen LogP contribution in [0.5, 0.6) is 0 Å². The van der Waals surface area contributed by atoms with E-state index in [0.29, 0.717) is 5.56 Å². The van der Waals surface area contributed by atoms with Crippen molar-refractivity contribution in [1.82, 2.24) is 0 Å². The highest BCUT2D eigenvalue weighted by Gasteiger charge is 2.01. The Morgan fingerprint density at radius 1 is 1.57 bits per heavy atom. The normalized spacial score (nSPS) is 9.50. The topological polar surface area (TPSA) is 55.1 Å². The third kappa shape index (κ3) is 2.81. The van der Waals surface area contributed by atoms with Gasteiger partial charge in [0, 0.05) is 11.3 Å². The van der Waals surface area contributed by atoms with Crippen LogP contribution in [-0.4, -0.2) is 10.9 Å². The fourth-order valence-electron chi connectivity index (χ4n) is 1.000. The molecule has 0 heterocycles. The van der Waals surface area contributed by atoms with Crippen molar-refractivity contribution in [2.24, 2.45) is 5.73 Å². The smallest absolute Gasteiger partial charge is 0.248 e. The Kier molecular flexibility index (Phi) is 3.59. The van der Waals surface area contributed by atoms with Crippen LogP contribution in [0.15, 0.2) is 24.3 Å². The number of anilines is 1. The summed E-state index contributed by atoms with van der Waals surface area (Å²) < 4.78 is 0. The highest BCUT2D eigenvalue weighted by atomic mass is 32.1. The van der Waals surface area contributed by atoms with Gasteiger partial charge in [-0.05, 0) is 24.6 Å². The summed E-state index contributed by atoms with van der Waals surface area (Å²) in [6, 6.07) is 6.96. The molecule has 74 valence electrons. The predicted molar refractivity (Wildman–Crippen MR) is 61.5 cm³/mol. The first-order valence-electron chi connectivity index (χ1n) is 4.33. The van der Waals surface area contributed by atoms with Gasteiger partial charge in [-0.2, -0.15) is 0 Å². The molecular formula is C10H12N2OS. The summed E-state index contributed by atoms with van der Waals surface area (Å²) in [5.41, 5.74) is 6.43. The first-order valence-corrected chi connectivity index (χ1v) is 4.74. The number of nitrogens with two attached hydrogens (primary N) is 1. The summed E-state index contributed by atoms with van der Waals surface area (Å²) >= 11 is 5.02. The zero-order valence-corrected chi connectivity index (χ0v) is 8.73. The number of thiocarbonyl (C=S) groups is 1. The number of primary amides is 1. The van der Waals surface area contributed by atoms with Crippen molar-refractivity contribution in [1.29, 1.82) is 0 Å². The van der Waals surface area contributed by atoms with Gasteiger partial charge in [0.05, 0.1) is 4.99 Å². The van der Waals surface area contributed by atoms with Crippen molar-refractivity contribution < 1.29 is 4.79 Å². The van der Waals surface area contributed by atoms with Gasteiger partial charge in [-0.3, -0.25) is 4.79 Å². The predicted octanol–water partition coefficient (Wildman–Crippen LogP) is 1.93. The SMILES string of the molecule is CCC(=S)Nc1cccc(C(N)=O)c1. The van der Waals surface area contributed by atoms with E-state index in [2.05, 4.69) is 5.32 Å². The number of rotatable bonds is 3. The molecule has 0 saturated carbocycles. The minimum atomic E-state index is -0.434. The first-order chi connectivity index (χ1) is 6.63. The van der Waals surface area contributed by atoms with Crippen molar-refractivity contribution in [3.8, 4) is 0 Å². The van der Waals surface area contributed by atoms with Gasteiger partial charge in [0.1, 0.15) is 0 Å². The van der Waals surface area contributed by atoms with Gasteiger partial charge < -0.3 is 11.1 Å². The van der Waals surface area contributed by atoms with E-state index in [1.54, 1.807) is 18.2 Å². The van der Waals surface area contributed by atoms with E-state index in [4.69, 9.17) is 18.0 Å². The number of carbonyl (C=O) groups excluding carboxylic acids is 1. The molecule has 0 saturated heterocycles. The molecule has 0 spiro atoms. The molecule has 1 rings (SSSR count). The molecule has 1 aromatic rings. The molecule has 0 aliphatic heterocycles. The fourth-order valence-corrected chi connectivity index (χ4v) is 1.12. The standard InChI is InChI=1S/C10H12N2OS/c1-2-9(14)12-8-5-3-4-7(6-8)10(11)13/h3-6H,2H2,1H3,(H2,11,13)(H,12,14). The molecule has 0 atom stereocenters. The summed E-state index contributed by atoms with van der Waals surface area (Å²) in [5, 5.41) is 3.01. The maximum Gasteiger partial charge on any atom is 0.248 e. The molecule has 0 fully saturated rings. The molecule has 0 unspecified atom stereocenters. The van der Waals surface area contributed by atoms with Gasteiger partial charge in [0.2, 0.25) is 5.91 Å². The van der Waals surface area contributed by atoms with Gasteiger partial charge in [0.15, 0.2) is 0 Å². The Labute approximate surface area is 88.3 Å². The lowest BCUT2D eigenvalue weighted by Gasteiger charge is -2.06. The van der Waals surface area contributed by atoms with Gasteiger partial charge in [-0.1, -0.05) is 25.2 Å². The van der Waals surface area contributed by atoms with Gasteiger partial charge in [-0.15, -0.1) is 0 Å². The van der Waals surface area contributed by atoms with E-state index in [1.165, 1.54) is 0 Å². The Morgan fingerprint density at radius 2 is 2.29 bits per heavy atom. The van der Waals surface area contributed by atoms with E-state index in [1.807, 2.05) is 13.0 Å². The van der Waals surface area contributed by atoms with E-state index in [-0.39, 0.29) is 0 Å². The molecule has 0 bridgehead atoms. The number of hydrogen-bond donors (Lipinski definition) is 2. The van der Waals surface area contributed by atoms with Crippen molar-refractivity contribution in [2.45, 2.75) is 13.3 Å². The summed E-state index contributed by atoms with van der Waals surface area (Å²) in [6.07, 6.45) is 0.774. The number of nitrogens with one attached hydrogen (secondary N) is 1. The average molecular weight is 208 g/mol. The van der Waals surface area contributed by atoms with Crippen molar-refractivity contribution in [3.05, 3.63) is 29.8 Å². The van der Waals surface area contributed by atoms with Crippen LogP contribution >= 0.6 is 12.2 Å². The minimum Gasteiger partial charge on any atom is -0.366 e. The Morgan fingerprint density at radius 3 is 2.86 bits per heavy atom. The second kappa shape index (κ2) is 4.72. The molecule has 0 aliphatic rings. The van der Waals surface area contributed by atoms with Crippen LogP contribution < -0.4 is 11.1 Å². The van der Waals surface area contributed by atoms with Crippen molar-refractivity contribution in [3.63, 3.8) is 0 Å². The summed E-state index contributed by atoms with van der Waals surface area (Å²) in [6.45, 7) is 1.97. The monoisotopic (exact) mass is 208 g/mol.